The molecule has 0 aromatic carbocycles. The van der Waals surface area contributed by atoms with Gasteiger partial charge in [-0.3, -0.25) is 9.59 Å². The second-order valence-corrected chi connectivity index (χ2v) is 6.90. The second kappa shape index (κ2) is 6.55. The van der Waals surface area contributed by atoms with Crippen molar-refractivity contribution in [2.45, 2.75) is 40.2 Å². The molecule has 2 aliphatic carbocycles. The van der Waals surface area contributed by atoms with Gasteiger partial charge in [0.2, 0.25) is 0 Å². The minimum atomic E-state index is -0.527. The van der Waals surface area contributed by atoms with E-state index in [0.717, 1.165) is 0 Å². The first-order chi connectivity index (χ1) is 11.1. The number of allylic oxidation sites excluding steroid dienone is 4. The normalized spacial score (nSPS) is 31.5. The van der Waals surface area contributed by atoms with Crippen LogP contribution in [0, 0.1) is 11.3 Å². The quantitative estimate of drug-likeness (QED) is 0.564. The molecule has 0 aromatic rings. The topological polar surface area (TPSA) is 69.7 Å². The number of rotatable bonds is 2. The second-order valence-electron chi connectivity index (χ2n) is 6.49. The van der Waals surface area contributed by atoms with Crippen molar-refractivity contribution in [2.24, 2.45) is 11.3 Å². The van der Waals surface area contributed by atoms with Crippen molar-refractivity contribution in [1.82, 2.24) is 0 Å². The van der Waals surface area contributed by atoms with Crippen LogP contribution in [0.15, 0.2) is 33.9 Å². The zero-order valence-electron chi connectivity index (χ0n) is 14.4. The van der Waals surface area contributed by atoms with Crippen LogP contribution in [0.4, 0.5) is 0 Å². The largest absolute Gasteiger partial charge is 0.466 e. The van der Waals surface area contributed by atoms with Gasteiger partial charge in [-0.2, -0.15) is 0 Å². The molecule has 0 aliphatic heterocycles. The first-order valence-corrected chi connectivity index (χ1v) is 8.09. The van der Waals surface area contributed by atoms with Crippen molar-refractivity contribution < 1.29 is 23.9 Å². The zero-order chi connectivity index (χ0) is 18.2. The molecule has 0 fully saturated rings. The van der Waals surface area contributed by atoms with Gasteiger partial charge in [-0.1, -0.05) is 25.4 Å². The molecule has 0 bridgehead atoms. The minimum Gasteiger partial charge on any atom is -0.466 e. The molecule has 0 heterocycles. The van der Waals surface area contributed by atoms with Crippen LogP contribution in [0.2, 0.25) is 0 Å². The van der Waals surface area contributed by atoms with E-state index in [0.29, 0.717) is 28.2 Å². The summed E-state index contributed by atoms with van der Waals surface area (Å²) in [6, 6.07) is 0. The fourth-order valence-corrected chi connectivity index (χ4v) is 3.74. The molecule has 0 spiro atoms. The van der Waals surface area contributed by atoms with Gasteiger partial charge in [0.1, 0.15) is 6.10 Å². The minimum absolute atomic E-state index is 0.108. The molecule has 24 heavy (non-hydrogen) atoms. The number of halogens is 1. The summed E-state index contributed by atoms with van der Waals surface area (Å²) in [6.07, 6.45) is 2.99. The molecule has 2 aliphatic rings. The number of esters is 2. The van der Waals surface area contributed by atoms with Crippen LogP contribution in [0.3, 0.4) is 0 Å². The highest BCUT2D eigenvalue weighted by Crippen LogP contribution is 2.53. The van der Waals surface area contributed by atoms with Gasteiger partial charge in [-0.25, -0.2) is 4.79 Å². The van der Waals surface area contributed by atoms with Crippen molar-refractivity contribution >= 4 is 29.3 Å². The Bertz CT molecular complexity index is 700. The fourth-order valence-electron chi connectivity index (χ4n) is 3.34. The van der Waals surface area contributed by atoms with Gasteiger partial charge in [0, 0.05) is 34.4 Å². The maximum atomic E-state index is 12.5. The van der Waals surface area contributed by atoms with E-state index in [1.165, 1.54) is 20.1 Å². The van der Waals surface area contributed by atoms with Crippen LogP contribution in [-0.4, -0.2) is 30.9 Å². The summed E-state index contributed by atoms with van der Waals surface area (Å²) in [5.74, 6) is -1.27. The van der Waals surface area contributed by atoms with Gasteiger partial charge in [0.15, 0.2) is 5.78 Å². The molecule has 0 aromatic heterocycles. The molecule has 130 valence electrons. The van der Waals surface area contributed by atoms with Crippen LogP contribution >= 0.6 is 11.6 Å². The number of carbonyl (C=O) groups is 3. The molecule has 6 heteroatoms. The molecule has 0 amide bonds. The fraction of sp³-hybridized carbons (Fsp3) is 0.500. The van der Waals surface area contributed by atoms with Crippen molar-refractivity contribution in [2.75, 3.05) is 7.11 Å². The molecule has 3 atom stereocenters. The van der Waals surface area contributed by atoms with E-state index in [2.05, 4.69) is 0 Å². The number of ether oxygens (including phenoxy) is 2. The average Bonchev–Trinajstić information content (AvgIpc) is 2.52. The summed E-state index contributed by atoms with van der Waals surface area (Å²) in [4.78, 5) is 35.6. The van der Waals surface area contributed by atoms with Crippen LogP contribution in [0.5, 0.6) is 0 Å². The number of carbonyl (C=O) groups excluding carboxylic acids is 3. The lowest BCUT2D eigenvalue weighted by Gasteiger charge is -2.46. The molecular weight excluding hydrogens is 332 g/mol. The van der Waals surface area contributed by atoms with E-state index < -0.39 is 23.5 Å². The lowest BCUT2D eigenvalue weighted by Crippen LogP contribution is -2.43. The van der Waals surface area contributed by atoms with Crippen LogP contribution in [-0.2, 0) is 23.9 Å². The Hall–Kier alpha value is -1.88. The summed E-state index contributed by atoms with van der Waals surface area (Å²) < 4.78 is 10.1. The third-order valence-corrected chi connectivity index (χ3v) is 5.37. The molecule has 0 saturated carbocycles. The third-order valence-electron chi connectivity index (χ3n) is 5.04. The van der Waals surface area contributed by atoms with Crippen molar-refractivity contribution in [3.05, 3.63) is 33.9 Å². The standard InChI is InChI=1S/C18H21ClO5/c1-9(17(22)23-5)12-8-18(4)10(2)16(24-11(3)20)7-14(19)13(18)6-15(12)21/h6-7,10,16H,8H2,1-5H3/b12-9-/t10-,16-,18+/m0/s1. The molecular formula is C18H21ClO5. The molecule has 0 unspecified atom stereocenters. The van der Waals surface area contributed by atoms with E-state index in [1.54, 1.807) is 13.0 Å². The van der Waals surface area contributed by atoms with E-state index in [1.807, 2.05) is 13.8 Å². The van der Waals surface area contributed by atoms with Gasteiger partial charge >= 0.3 is 11.9 Å². The Labute approximate surface area is 146 Å². The van der Waals surface area contributed by atoms with Crippen molar-refractivity contribution in [3.63, 3.8) is 0 Å². The SMILES string of the molecule is COC(=O)/C(C)=C1/C[C@@]2(C)C(=CC1=O)C(Cl)=C[C@H](OC(C)=O)[C@@H]2C. The first kappa shape index (κ1) is 18.5. The monoisotopic (exact) mass is 352 g/mol. The maximum absolute atomic E-state index is 12.5. The third kappa shape index (κ3) is 3.05. The summed E-state index contributed by atoms with van der Waals surface area (Å²) in [5.41, 5.74) is 0.894. The summed E-state index contributed by atoms with van der Waals surface area (Å²) in [7, 11) is 1.28. The highest BCUT2D eigenvalue weighted by Gasteiger charge is 2.48. The molecule has 2 rings (SSSR count). The Morgan fingerprint density at radius 3 is 2.50 bits per heavy atom. The highest BCUT2D eigenvalue weighted by molar-refractivity contribution is 6.33. The Balaban J connectivity index is 2.54. The van der Waals surface area contributed by atoms with Gasteiger partial charge < -0.3 is 9.47 Å². The van der Waals surface area contributed by atoms with E-state index in [-0.39, 0.29) is 11.7 Å². The van der Waals surface area contributed by atoms with Crippen LogP contribution < -0.4 is 0 Å². The van der Waals surface area contributed by atoms with Gasteiger partial charge in [0.25, 0.3) is 0 Å². The van der Waals surface area contributed by atoms with E-state index >= 15 is 0 Å². The molecule has 5 nitrogen and oxygen atoms in total. The summed E-state index contributed by atoms with van der Waals surface area (Å²) >= 11 is 6.35. The Morgan fingerprint density at radius 2 is 1.96 bits per heavy atom. The first-order valence-electron chi connectivity index (χ1n) is 7.71. The lowest BCUT2D eigenvalue weighted by molar-refractivity contribution is -0.148. The number of methoxy groups -OCH3 is 1. The van der Waals surface area contributed by atoms with Gasteiger partial charge in [0.05, 0.1) is 7.11 Å². The van der Waals surface area contributed by atoms with Crippen LogP contribution in [0.1, 0.15) is 34.1 Å². The Kier molecular flexibility index (Phi) is 5.04. The van der Waals surface area contributed by atoms with Crippen molar-refractivity contribution in [3.8, 4) is 0 Å². The molecule has 0 saturated heterocycles. The summed E-state index contributed by atoms with van der Waals surface area (Å²) in [6.45, 7) is 6.84. The average molecular weight is 353 g/mol. The van der Waals surface area contributed by atoms with E-state index in [9.17, 15) is 14.4 Å². The number of hydrogen-bond donors (Lipinski definition) is 0. The van der Waals surface area contributed by atoms with Crippen LogP contribution in [0.25, 0.3) is 0 Å². The van der Waals surface area contributed by atoms with E-state index in [4.69, 9.17) is 21.1 Å². The van der Waals surface area contributed by atoms with Crippen molar-refractivity contribution in [1.29, 1.82) is 0 Å². The number of fused-ring (bicyclic) bond motifs is 1. The summed E-state index contributed by atoms with van der Waals surface area (Å²) in [5, 5.41) is 0.407. The Morgan fingerprint density at radius 1 is 1.33 bits per heavy atom. The molecule has 0 radical (unpaired) electrons. The highest BCUT2D eigenvalue weighted by atomic mass is 35.5. The lowest BCUT2D eigenvalue weighted by atomic mass is 9.60. The smallest absolute Gasteiger partial charge is 0.333 e. The maximum Gasteiger partial charge on any atom is 0.333 e. The zero-order valence-corrected chi connectivity index (χ0v) is 15.2. The number of ketones is 1. The predicted octanol–water partition coefficient (Wildman–Crippen LogP) is 3.09. The van der Waals surface area contributed by atoms with Gasteiger partial charge in [-0.15, -0.1) is 0 Å². The van der Waals surface area contributed by atoms with Gasteiger partial charge in [-0.05, 0) is 31.1 Å². The predicted molar refractivity (Wildman–Crippen MR) is 89.2 cm³/mol. The number of hydrogen-bond acceptors (Lipinski definition) is 5. The molecule has 0 N–H and O–H groups in total.